The third-order valence-electron chi connectivity index (χ3n) is 2.86. The van der Waals surface area contributed by atoms with Gasteiger partial charge in [0.1, 0.15) is 0 Å². The van der Waals surface area contributed by atoms with E-state index in [1.807, 2.05) is 11.8 Å². The smallest absolute Gasteiger partial charge is 0.0944 e. The van der Waals surface area contributed by atoms with Crippen molar-refractivity contribution in [1.29, 1.82) is 0 Å². The first-order valence-electron chi connectivity index (χ1n) is 7.12. The summed E-state index contributed by atoms with van der Waals surface area (Å²) in [5.41, 5.74) is 1.38. The second kappa shape index (κ2) is 7.65. The Morgan fingerprint density at radius 2 is 2.05 bits per heavy atom. The maximum Gasteiger partial charge on any atom is 0.0944 e. The van der Waals surface area contributed by atoms with Gasteiger partial charge >= 0.3 is 0 Å². The number of rotatable bonds is 7. The lowest BCUT2D eigenvalue weighted by molar-refractivity contribution is 0.554. The molecular formula is C15H28N2S2. The van der Waals surface area contributed by atoms with E-state index >= 15 is 0 Å². The molecule has 1 N–H and O–H groups in total. The van der Waals surface area contributed by atoms with Crippen molar-refractivity contribution in [3.8, 4) is 0 Å². The topological polar surface area (TPSA) is 24.9 Å². The van der Waals surface area contributed by atoms with E-state index in [1.54, 1.807) is 11.3 Å². The summed E-state index contributed by atoms with van der Waals surface area (Å²) in [6.45, 7) is 14.4. The van der Waals surface area contributed by atoms with Crippen molar-refractivity contribution in [2.24, 2.45) is 0 Å². The van der Waals surface area contributed by atoms with Crippen LogP contribution in [-0.4, -0.2) is 28.6 Å². The lowest BCUT2D eigenvalue weighted by Crippen LogP contribution is -2.33. The minimum atomic E-state index is 0.162. The standard InChI is InChI=1S/C15H28N2S2/c1-7-16-12(9-18-11(2)3)8-14-17-13(10-19-14)15(4,5)6/h10-12,16H,7-9H2,1-6H3. The van der Waals surface area contributed by atoms with E-state index in [0.717, 1.165) is 18.7 Å². The van der Waals surface area contributed by atoms with E-state index in [-0.39, 0.29) is 5.41 Å². The van der Waals surface area contributed by atoms with E-state index in [4.69, 9.17) is 4.98 Å². The number of likely N-dealkylation sites (N-methyl/N-ethyl adjacent to an activating group) is 1. The SMILES string of the molecule is CCNC(CSC(C)C)Cc1nc(C(C)(C)C)cs1. The minimum Gasteiger partial charge on any atom is -0.313 e. The van der Waals surface area contributed by atoms with Crippen LogP contribution in [0.2, 0.25) is 0 Å². The molecule has 0 saturated heterocycles. The van der Waals surface area contributed by atoms with Crippen LogP contribution >= 0.6 is 23.1 Å². The van der Waals surface area contributed by atoms with E-state index in [2.05, 4.69) is 52.2 Å². The quantitative estimate of drug-likeness (QED) is 0.820. The summed E-state index contributed by atoms with van der Waals surface area (Å²) in [5, 5.41) is 7.76. The van der Waals surface area contributed by atoms with E-state index in [9.17, 15) is 0 Å². The molecule has 4 heteroatoms. The lowest BCUT2D eigenvalue weighted by atomic mass is 9.93. The molecule has 0 aliphatic rings. The van der Waals surface area contributed by atoms with Crippen LogP contribution < -0.4 is 5.32 Å². The van der Waals surface area contributed by atoms with Crippen molar-refractivity contribution in [3.05, 3.63) is 16.1 Å². The highest BCUT2D eigenvalue weighted by Crippen LogP contribution is 2.25. The van der Waals surface area contributed by atoms with Gasteiger partial charge in [0.2, 0.25) is 0 Å². The molecule has 110 valence electrons. The predicted molar refractivity (Wildman–Crippen MR) is 89.6 cm³/mol. The van der Waals surface area contributed by atoms with Crippen molar-refractivity contribution in [2.75, 3.05) is 12.3 Å². The van der Waals surface area contributed by atoms with Gasteiger partial charge in [-0.2, -0.15) is 11.8 Å². The van der Waals surface area contributed by atoms with Gasteiger partial charge < -0.3 is 5.32 Å². The molecule has 0 saturated carbocycles. The molecule has 1 atom stereocenters. The second-order valence-corrected chi connectivity index (χ2v) is 8.77. The summed E-state index contributed by atoms with van der Waals surface area (Å²) >= 11 is 3.83. The van der Waals surface area contributed by atoms with E-state index < -0.39 is 0 Å². The molecule has 0 bridgehead atoms. The van der Waals surface area contributed by atoms with Gasteiger partial charge in [-0.15, -0.1) is 11.3 Å². The molecule has 0 aromatic carbocycles. The molecule has 0 aliphatic carbocycles. The van der Waals surface area contributed by atoms with Crippen LogP contribution in [0, 0.1) is 0 Å². The Bertz CT molecular complexity index is 366. The van der Waals surface area contributed by atoms with E-state index in [1.165, 1.54) is 10.7 Å². The largest absolute Gasteiger partial charge is 0.313 e. The fourth-order valence-electron chi connectivity index (χ4n) is 1.75. The molecule has 0 amide bonds. The van der Waals surface area contributed by atoms with Gasteiger partial charge in [-0.3, -0.25) is 0 Å². The molecule has 1 heterocycles. The molecular weight excluding hydrogens is 272 g/mol. The number of thioether (sulfide) groups is 1. The Morgan fingerprint density at radius 3 is 2.53 bits per heavy atom. The first-order valence-corrected chi connectivity index (χ1v) is 9.05. The molecule has 0 aliphatic heterocycles. The highest BCUT2D eigenvalue weighted by molar-refractivity contribution is 7.99. The first-order chi connectivity index (χ1) is 8.82. The van der Waals surface area contributed by atoms with Gasteiger partial charge in [0.05, 0.1) is 10.7 Å². The zero-order valence-corrected chi connectivity index (χ0v) is 14.8. The average molecular weight is 301 g/mol. The Hall–Kier alpha value is -0.0600. The highest BCUT2D eigenvalue weighted by atomic mass is 32.2. The number of hydrogen-bond acceptors (Lipinski definition) is 4. The minimum absolute atomic E-state index is 0.162. The monoisotopic (exact) mass is 300 g/mol. The Balaban J connectivity index is 2.60. The van der Waals surface area contributed by atoms with Crippen LogP contribution in [-0.2, 0) is 11.8 Å². The summed E-state index contributed by atoms with van der Waals surface area (Å²) in [6, 6.07) is 0.538. The summed E-state index contributed by atoms with van der Waals surface area (Å²) in [6.07, 6.45) is 1.05. The number of nitrogens with zero attached hydrogens (tertiary/aromatic N) is 1. The number of aromatic nitrogens is 1. The molecule has 0 spiro atoms. The van der Waals surface area contributed by atoms with Crippen LogP contribution in [0.1, 0.15) is 52.2 Å². The number of hydrogen-bond donors (Lipinski definition) is 1. The predicted octanol–water partition coefficient (Wildman–Crippen LogP) is 4.10. The fraction of sp³-hybridized carbons (Fsp3) is 0.800. The van der Waals surface area contributed by atoms with Gasteiger partial charge in [0.25, 0.3) is 0 Å². The van der Waals surface area contributed by atoms with Crippen LogP contribution in [0.5, 0.6) is 0 Å². The molecule has 0 radical (unpaired) electrons. The first kappa shape index (κ1) is 17.0. The van der Waals surface area contributed by atoms with E-state index in [0.29, 0.717) is 11.3 Å². The molecule has 0 fully saturated rings. The summed E-state index contributed by atoms with van der Waals surface area (Å²) in [7, 11) is 0. The zero-order chi connectivity index (χ0) is 14.5. The van der Waals surface area contributed by atoms with Crippen molar-refractivity contribution in [1.82, 2.24) is 10.3 Å². The normalized spacial score (nSPS) is 14.1. The lowest BCUT2D eigenvalue weighted by Gasteiger charge is -2.18. The number of nitrogens with one attached hydrogen (secondary N) is 1. The van der Waals surface area contributed by atoms with Crippen molar-refractivity contribution < 1.29 is 0 Å². The van der Waals surface area contributed by atoms with Crippen LogP contribution in [0.4, 0.5) is 0 Å². The van der Waals surface area contributed by atoms with Gasteiger partial charge in [-0.25, -0.2) is 4.98 Å². The van der Waals surface area contributed by atoms with Crippen LogP contribution in [0.15, 0.2) is 5.38 Å². The van der Waals surface area contributed by atoms with Gasteiger partial charge in [-0.05, 0) is 11.8 Å². The summed E-state index contributed by atoms with van der Waals surface area (Å²) in [4.78, 5) is 4.80. The second-order valence-electron chi connectivity index (χ2n) is 6.22. The van der Waals surface area contributed by atoms with Crippen molar-refractivity contribution >= 4 is 23.1 Å². The zero-order valence-electron chi connectivity index (χ0n) is 13.1. The van der Waals surface area contributed by atoms with Crippen molar-refractivity contribution in [2.45, 2.75) is 64.7 Å². The molecule has 1 unspecified atom stereocenters. The molecule has 19 heavy (non-hydrogen) atoms. The highest BCUT2D eigenvalue weighted by Gasteiger charge is 2.19. The van der Waals surface area contributed by atoms with Crippen LogP contribution in [0.3, 0.4) is 0 Å². The molecule has 2 nitrogen and oxygen atoms in total. The van der Waals surface area contributed by atoms with Gasteiger partial charge in [0, 0.05) is 29.0 Å². The third kappa shape index (κ3) is 6.28. The maximum absolute atomic E-state index is 4.80. The summed E-state index contributed by atoms with van der Waals surface area (Å²) < 4.78 is 0. The maximum atomic E-state index is 4.80. The van der Waals surface area contributed by atoms with Crippen molar-refractivity contribution in [3.63, 3.8) is 0 Å². The molecule has 1 aromatic rings. The van der Waals surface area contributed by atoms with Gasteiger partial charge in [-0.1, -0.05) is 41.5 Å². The third-order valence-corrected chi connectivity index (χ3v) is 5.00. The Kier molecular flexibility index (Phi) is 6.84. The van der Waals surface area contributed by atoms with Gasteiger partial charge in [0.15, 0.2) is 0 Å². The van der Waals surface area contributed by atoms with Crippen LogP contribution in [0.25, 0.3) is 0 Å². The molecule has 1 rings (SSSR count). The average Bonchev–Trinajstić information content (AvgIpc) is 2.74. The molecule has 1 aromatic heterocycles. The number of thiazole rings is 1. The summed E-state index contributed by atoms with van der Waals surface area (Å²) in [5.74, 6) is 1.16. The fourth-order valence-corrected chi connectivity index (χ4v) is 3.70. The Labute approximate surface area is 126 Å². The Morgan fingerprint density at radius 1 is 1.37 bits per heavy atom.